The zero-order valence-corrected chi connectivity index (χ0v) is 9.49. The number of ether oxygens (including phenoxy) is 1. The molecule has 0 spiro atoms. The lowest BCUT2D eigenvalue weighted by Gasteiger charge is -2.04. The summed E-state index contributed by atoms with van der Waals surface area (Å²) in [7, 11) is 1.56. The fourth-order valence-electron chi connectivity index (χ4n) is 1.43. The zero-order valence-electron chi connectivity index (χ0n) is 8.74. The summed E-state index contributed by atoms with van der Waals surface area (Å²) in [5, 5.41) is 9.46. The van der Waals surface area contributed by atoms with E-state index in [1.807, 2.05) is 6.07 Å². The fourth-order valence-corrected chi connectivity index (χ4v) is 1.63. The molecule has 1 aromatic heterocycles. The predicted molar refractivity (Wildman–Crippen MR) is 61.6 cm³/mol. The maximum atomic E-state index is 8.90. The molecule has 1 aromatic carbocycles. The minimum atomic E-state index is -0.106. The molecule has 1 N–H and O–H groups in total. The van der Waals surface area contributed by atoms with Crippen LogP contribution in [0, 0.1) is 0 Å². The van der Waals surface area contributed by atoms with Crippen LogP contribution < -0.4 is 4.74 Å². The summed E-state index contributed by atoms with van der Waals surface area (Å²) >= 11 is 5.92. The Kier molecular flexibility index (Phi) is 3.17. The SMILES string of the molecule is COc1cc(-c2ccc(CO)o2)ccc1Cl. The van der Waals surface area contributed by atoms with E-state index in [9.17, 15) is 0 Å². The molecular formula is C12H11ClO3. The summed E-state index contributed by atoms with van der Waals surface area (Å²) in [4.78, 5) is 0. The summed E-state index contributed by atoms with van der Waals surface area (Å²) in [6, 6.07) is 8.91. The van der Waals surface area contributed by atoms with Gasteiger partial charge in [-0.2, -0.15) is 0 Å². The molecule has 0 aliphatic carbocycles. The fraction of sp³-hybridized carbons (Fsp3) is 0.167. The highest BCUT2D eigenvalue weighted by Crippen LogP contribution is 2.31. The van der Waals surface area contributed by atoms with Crippen LogP contribution in [0.2, 0.25) is 5.02 Å². The highest BCUT2D eigenvalue weighted by Gasteiger charge is 2.07. The zero-order chi connectivity index (χ0) is 11.5. The second kappa shape index (κ2) is 4.60. The van der Waals surface area contributed by atoms with Crippen LogP contribution >= 0.6 is 11.6 Å². The number of furan rings is 1. The molecule has 1 heterocycles. The van der Waals surface area contributed by atoms with Crippen LogP contribution in [0.5, 0.6) is 5.75 Å². The molecule has 0 unspecified atom stereocenters. The van der Waals surface area contributed by atoms with Gasteiger partial charge in [-0.1, -0.05) is 11.6 Å². The molecule has 0 atom stereocenters. The van der Waals surface area contributed by atoms with E-state index in [0.29, 0.717) is 22.3 Å². The molecule has 0 radical (unpaired) electrons. The first-order chi connectivity index (χ1) is 7.74. The third kappa shape index (κ3) is 2.05. The lowest BCUT2D eigenvalue weighted by atomic mass is 10.1. The average molecular weight is 239 g/mol. The third-order valence-corrected chi connectivity index (χ3v) is 2.57. The summed E-state index contributed by atoms with van der Waals surface area (Å²) in [6.07, 6.45) is 0. The molecule has 0 aliphatic heterocycles. The largest absolute Gasteiger partial charge is 0.495 e. The monoisotopic (exact) mass is 238 g/mol. The van der Waals surface area contributed by atoms with E-state index >= 15 is 0 Å². The quantitative estimate of drug-likeness (QED) is 0.894. The number of aliphatic hydroxyl groups excluding tert-OH is 1. The summed E-state index contributed by atoms with van der Waals surface area (Å²) in [5.74, 6) is 1.81. The van der Waals surface area contributed by atoms with Crippen molar-refractivity contribution in [1.82, 2.24) is 0 Å². The van der Waals surface area contributed by atoms with E-state index in [0.717, 1.165) is 5.56 Å². The van der Waals surface area contributed by atoms with Crippen molar-refractivity contribution in [2.45, 2.75) is 6.61 Å². The first-order valence-corrected chi connectivity index (χ1v) is 5.16. The number of hydrogen-bond acceptors (Lipinski definition) is 3. The molecule has 0 fully saturated rings. The van der Waals surface area contributed by atoms with Gasteiger partial charge in [0.05, 0.1) is 12.1 Å². The molecule has 4 heteroatoms. The first-order valence-electron chi connectivity index (χ1n) is 4.78. The highest BCUT2D eigenvalue weighted by atomic mass is 35.5. The van der Waals surface area contributed by atoms with Crippen molar-refractivity contribution in [1.29, 1.82) is 0 Å². The molecule has 0 amide bonds. The van der Waals surface area contributed by atoms with Gasteiger partial charge < -0.3 is 14.3 Å². The molecule has 0 aliphatic rings. The average Bonchev–Trinajstić information content (AvgIpc) is 2.78. The van der Waals surface area contributed by atoms with Crippen molar-refractivity contribution in [3.63, 3.8) is 0 Å². The Morgan fingerprint density at radius 3 is 2.75 bits per heavy atom. The van der Waals surface area contributed by atoms with Crippen LogP contribution in [-0.2, 0) is 6.61 Å². The summed E-state index contributed by atoms with van der Waals surface area (Å²) in [5.41, 5.74) is 0.862. The minimum absolute atomic E-state index is 0.106. The Bertz CT molecular complexity index is 491. The number of rotatable bonds is 3. The number of benzene rings is 1. The molecule has 0 saturated heterocycles. The van der Waals surface area contributed by atoms with Gasteiger partial charge in [-0.25, -0.2) is 0 Å². The smallest absolute Gasteiger partial charge is 0.138 e. The second-order valence-electron chi connectivity index (χ2n) is 3.27. The van der Waals surface area contributed by atoms with Crippen molar-refractivity contribution < 1.29 is 14.3 Å². The number of methoxy groups -OCH3 is 1. The number of halogens is 1. The Morgan fingerprint density at radius 1 is 1.31 bits per heavy atom. The molecule has 84 valence electrons. The van der Waals surface area contributed by atoms with Crippen molar-refractivity contribution in [2.24, 2.45) is 0 Å². The van der Waals surface area contributed by atoms with Crippen molar-refractivity contribution in [3.8, 4) is 17.1 Å². The lowest BCUT2D eigenvalue weighted by molar-refractivity contribution is 0.248. The Hall–Kier alpha value is -1.45. The van der Waals surface area contributed by atoms with Crippen LogP contribution in [0.1, 0.15) is 5.76 Å². The number of aliphatic hydroxyl groups is 1. The summed E-state index contributed by atoms with van der Waals surface area (Å²) < 4.78 is 10.5. The Labute approximate surface area is 98.2 Å². The van der Waals surface area contributed by atoms with E-state index in [1.165, 1.54) is 0 Å². The van der Waals surface area contributed by atoms with Gasteiger partial charge in [0.2, 0.25) is 0 Å². The standard InChI is InChI=1S/C12H11ClO3/c1-15-12-6-8(2-4-10(12)13)11-5-3-9(7-14)16-11/h2-6,14H,7H2,1H3. The molecule has 3 nitrogen and oxygen atoms in total. The second-order valence-corrected chi connectivity index (χ2v) is 3.68. The number of hydrogen-bond donors (Lipinski definition) is 1. The van der Waals surface area contributed by atoms with Gasteiger partial charge in [0.25, 0.3) is 0 Å². The van der Waals surface area contributed by atoms with E-state index in [2.05, 4.69) is 0 Å². The van der Waals surface area contributed by atoms with Crippen LogP contribution in [-0.4, -0.2) is 12.2 Å². The van der Waals surface area contributed by atoms with Crippen molar-refractivity contribution in [3.05, 3.63) is 41.1 Å². The molecule has 2 aromatic rings. The van der Waals surface area contributed by atoms with Gasteiger partial charge in [0.15, 0.2) is 0 Å². The molecule has 0 bridgehead atoms. The van der Waals surface area contributed by atoms with E-state index in [4.69, 9.17) is 25.9 Å². The lowest BCUT2D eigenvalue weighted by Crippen LogP contribution is -1.84. The van der Waals surface area contributed by atoms with Crippen LogP contribution in [0.3, 0.4) is 0 Å². The highest BCUT2D eigenvalue weighted by molar-refractivity contribution is 6.32. The van der Waals surface area contributed by atoms with Gasteiger partial charge in [-0.15, -0.1) is 0 Å². The van der Waals surface area contributed by atoms with Crippen LogP contribution in [0.15, 0.2) is 34.7 Å². The van der Waals surface area contributed by atoms with Gasteiger partial charge in [-0.05, 0) is 30.3 Å². The predicted octanol–water partition coefficient (Wildman–Crippen LogP) is 3.10. The van der Waals surface area contributed by atoms with Crippen LogP contribution in [0.25, 0.3) is 11.3 Å². The molecular weight excluding hydrogens is 228 g/mol. The third-order valence-electron chi connectivity index (χ3n) is 2.25. The van der Waals surface area contributed by atoms with Gasteiger partial charge in [-0.3, -0.25) is 0 Å². The summed E-state index contributed by atoms with van der Waals surface area (Å²) in [6.45, 7) is -0.106. The molecule has 16 heavy (non-hydrogen) atoms. The van der Waals surface area contributed by atoms with Gasteiger partial charge in [0.1, 0.15) is 23.9 Å². The van der Waals surface area contributed by atoms with Gasteiger partial charge in [0, 0.05) is 5.56 Å². The Balaban J connectivity index is 2.40. The molecule has 0 saturated carbocycles. The Morgan fingerprint density at radius 2 is 2.12 bits per heavy atom. The van der Waals surface area contributed by atoms with E-state index in [1.54, 1.807) is 31.4 Å². The molecule has 2 rings (SSSR count). The maximum absolute atomic E-state index is 8.90. The van der Waals surface area contributed by atoms with Gasteiger partial charge >= 0.3 is 0 Å². The maximum Gasteiger partial charge on any atom is 0.138 e. The van der Waals surface area contributed by atoms with Crippen molar-refractivity contribution >= 4 is 11.6 Å². The van der Waals surface area contributed by atoms with Crippen LogP contribution in [0.4, 0.5) is 0 Å². The van der Waals surface area contributed by atoms with E-state index in [-0.39, 0.29) is 6.61 Å². The van der Waals surface area contributed by atoms with E-state index < -0.39 is 0 Å². The normalized spacial score (nSPS) is 10.4. The minimum Gasteiger partial charge on any atom is -0.495 e. The van der Waals surface area contributed by atoms with Crippen molar-refractivity contribution in [2.75, 3.05) is 7.11 Å². The first kappa shape index (κ1) is 11.0. The topological polar surface area (TPSA) is 42.6 Å².